The van der Waals surface area contributed by atoms with Gasteiger partial charge in [-0.1, -0.05) is 6.07 Å². The third-order valence-electron chi connectivity index (χ3n) is 2.02. The van der Waals surface area contributed by atoms with Crippen molar-refractivity contribution in [3.63, 3.8) is 0 Å². The lowest BCUT2D eigenvalue weighted by atomic mass is 10.2. The fourth-order valence-electron chi connectivity index (χ4n) is 1.33. The van der Waals surface area contributed by atoms with Crippen LogP contribution in [0.15, 0.2) is 18.3 Å². The summed E-state index contributed by atoms with van der Waals surface area (Å²) in [5.41, 5.74) is 0.328. The summed E-state index contributed by atoms with van der Waals surface area (Å²) >= 11 is 0. The van der Waals surface area contributed by atoms with Gasteiger partial charge in [-0.2, -0.15) is 5.26 Å². The minimum Gasteiger partial charge on any atom is -0.465 e. The number of rotatable bonds is 5. The summed E-state index contributed by atoms with van der Waals surface area (Å²) < 4.78 is 28.0. The Balaban J connectivity index is 2.83. The van der Waals surface area contributed by atoms with Crippen LogP contribution in [0.3, 0.4) is 0 Å². The van der Waals surface area contributed by atoms with Crippen molar-refractivity contribution in [1.29, 1.82) is 5.26 Å². The lowest BCUT2D eigenvalue weighted by Crippen LogP contribution is -2.20. The third kappa shape index (κ3) is 4.14. The molecule has 18 heavy (non-hydrogen) atoms. The van der Waals surface area contributed by atoms with Gasteiger partial charge >= 0.3 is 5.97 Å². The Morgan fingerprint density at radius 2 is 2.28 bits per heavy atom. The zero-order valence-electron chi connectivity index (χ0n) is 9.79. The van der Waals surface area contributed by atoms with Crippen molar-refractivity contribution >= 4 is 15.8 Å². The number of pyridine rings is 1. The Labute approximate surface area is 105 Å². The lowest BCUT2D eigenvalue weighted by Gasteiger charge is -2.05. The Bertz CT molecular complexity index is 575. The van der Waals surface area contributed by atoms with Crippen LogP contribution in [0.1, 0.15) is 18.2 Å². The average molecular weight is 268 g/mol. The molecule has 6 nitrogen and oxygen atoms in total. The molecule has 1 aromatic rings. The van der Waals surface area contributed by atoms with E-state index in [1.807, 2.05) is 0 Å². The summed E-state index contributed by atoms with van der Waals surface area (Å²) in [5.74, 6) is -1.89. The van der Waals surface area contributed by atoms with E-state index in [0.717, 1.165) is 0 Å². The zero-order valence-corrected chi connectivity index (χ0v) is 10.6. The summed E-state index contributed by atoms with van der Waals surface area (Å²) in [5, 5.41) is 8.78. The van der Waals surface area contributed by atoms with Gasteiger partial charge in [0.25, 0.3) is 0 Å². The molecule has 0 saturated heterocycles. The average Bonchev–Trinajstić information content (AvgIpc) is 2.28. The number of nitriles is 1. The van der Waals surface area contributed by atoms with E-state index in [0.29, 0.717) is 0 Å². The Kier molecular flexibility index (Phi) is 4.80. The third-order valence-corrected chi connectivity index (χ3v) is 3.44. The maximum Gasteiger partial charge on any atom is 0.321 e. The Morgan fingerprint density at radius 3 is 2.89 bits per heavy atom. The van der Waals surface area contributed by atoms with Crippen molar-refractivity contribution in [2.75, 3.05) is 12.4 Å². The first-order valence-electron chi connectivity index (χ1n) is 5.18. The van der Waals surface area contributed by atoms with Crippen molar-refractivity contribution < 1.29 is 17.9 Å². The Morgan fingerprint density at radius 1 is 1.56 bits per heavy atom. The zero-order chi connectivity index (χ0) is 13.6. The molecule has 0 atom stereocenters. The molecule has 0 N–H and O–H groups in total. The number of carbonyl (C=O) groups excluding carboxylic acids is 1. The van der Waals surface area contributed by atoms with Gasteiger partial charge in [-0.15, -0.1) is 0 Å². The number of sulfone groups is 1. The summed E-state index contributed by atoms with van der Waals surface area (Å²) in [7, 11) is -3.65. The van der Waals surface area contributed by atoms with E-state index in [-0.39, 0.29) is 17.9 Å². The van der Waals surface area contributed by atoms with Crippen LogP contribution >= 0.6 is 0 Å². The van der Waals surface area contributed by atoms with Crippen LogP contribution in [0.25, 0.3) is 0 Å². The summed E-state index contributed by atoms with van der Waals surface area (Å²) in [6.07, 6.45) is 1.40. The fraction of sp³-hybridized carbons (Fsp3) is 0.364. The molecule has 0 aliphatic rings. The molecular formula is C11H12N2O4S. The molecule has 0 unspecified atom stereocenters. The minimum absolute atomic E-state index is 0.0462. The molecule has 0 radical (unpaired) electrons. The van der Waals surface area contributed by atoms with Gasteiger partial charge in [0.1, 0.15) is 17.5 Å². The first-order chi connectivity index (χ1) is 8.48. The predicted octanol–water partition coefficient (Wildman–Crippen LogP) is 0.431. The SMILES string of the molecule is CCOC(=O)CS(=O)(=O)Cc1cccnc1C#N. The van der Waals surface area contributed by atoms with Gasteiger partial charge in [-0.3, -0.25) is 4.79 Å². The molecule has 1 rings (SSSR count). The molecule has 0 aliphatic heterocycles. The number of esters is 1. The molecule has 1 aromatic heterocycles. The molecule has 96 valence electrons. The highest BCUT2D eigenvalue weighted by Gasteiger charge is 2.20. The van der Waals surface area contributed by atoms with Crippen LogP contribution in [0.2, 0.25) is 0 Å². The lowest BCUT2D eigenvalue weighted by molar-refractivity contribution is -0.139. The summed E-state index contributed by atoms with van der Waals surface area (Å²) in [4.78, 5) is 14.9. The highest BCUT2D eigenvalue weighted by molar-refractivity contribution is 7.91. The first kappa shape index (κ1) is 14.1. The molecular weight excluding hydrogens is 256 g/mol. The van der Waals surface area contributed by atoms with Crippen LogP contribution < -0.4 is 0 Å². The molecule has 0 saturated carbocycles. The molecule has 1 heterocycles. The van der Waals surface area contributed by atoms with Gasteiger partial charge in [0, 0.05) is 11.8 Å². The second-order valence-corrected chi connectivity index (χ2v) is 5.52. The van der Waals surface area contributed by atoms with Gasteiger partial charge in [0.05, 0.1) is 12.4 Å². The van der Waals surface area contributed by atoms with Crippen LogP contribution in [0.5, 0.6) is 0 Å². The van der Waals surface area contributed by atoms with Gasteiger partial charge in [-0.25, -0.2) is 13.4 Å². The van der Waals surface area contributed by atoms with E-state index < -0.39 is 27.3 Å². The van der Waals surface area contributed by atoms with Crippen LogP contribution in [0.4, 0.5) is 0 Å². The number of hydrogen-bond donors (Lipinski definition) is 0. The van der Waals surface area contributed by atoms with E-state index in [9.17, 15) is 13.2 Å². The smallest absolute Gasteiger partial charge is 0.321 e. The van der Waals surface area contributed by atoms with Gasteiger partial charge < -0.3 is 4.74 Å². The number of carbonyl (C=O) groups is 1. The number of hydrogen-bond acceptors (Lipinski definition) is 6. The standard InChI is InChI=1S/C11H12N2O4S/c1-2-17-11(14)8-18(15,16)7-9-4-3-5-13-10(9)6-12/h3-5H,2,7-8H2,1H3. The molecule has 7 heteroatoms. The maximum absolute atomic E-state index is 11.7. The second kappa shape index (κ2) is 6.12. The second-order valence-electron chi connectivity index (χ2n) is 3.46. The molecule has 0 amide bonds. The molecule has 0 bridgehead atoms. The van der Waals surface area contributed by atoms with E-state index in [4.69, 9.17) is 5.26 Å². The molecule has 0 spiro atoms. The van der Waals surface area contributed by atoms with E-state index in [2.05, 4.69) is 9.72 Å². The van der Waals surface area contributed by atoms with Crippen molar-refractivity contribution in [2.24, 2.45) is 0 Å². The number of aromatic nitrogens is 1. The van der Waals surface area contributed by atoms with Gasteiger partial charge in [0.2, 0.25) is 0 Å². The van der Waals surface area contributed by atoms with Crippen molar-refractivity contribution in [3.05, 3.63) is 29.6 Å². The van der Waals surface area contributed by atoms with Crippen LogP contribution in [-0.4, -0.2) is 31.7 Å². The normalized spacial score (nSPS) is 10.7. The highest BCUT2D eigenvalue weighted by Crippen LogP contribution is 2.10. The largest absolute Gasteiger partial charge is 0.465 e. The summed E-state index contributed by atoms with van der Waals surface area (Å²) in [6.45, 7) is 1.73. The van der Waals surface area contributed by atoms with E-state index in [1.165, 1.54) is 18.3 Å². The first-order valence-corrected chi connectivity index (χ1v) is 7.00. The highest BCUT2D eigenvalue weighted by atomic mass is 32.2. The summed E-state index contributed by atoms with van der Waals surface area (Å²) in [6, 6.07) is 4.84. The molecule has 0 fully saturated rings. The maximum atomic E-state index is 11.7. The van der Waals surface area contributed by atoms with E-state index >= 15 is 0 Å². The van der Waals surface area contributed by atoms with E-state index in [1.54, 1.807) is 13.0 Å². The minimum atomic E-state index is -3.65. The quantitative estimate of drug-likeness (QED) is 0.718. The predicted molar refractivity (Wildman–Crippen MR) is 63.1 cm³/mol. The molecule has 0 aromatic carbocycles. The topological polar surface area (TPSA) is 97.1 Å². The fourth-order valence-corrected chi connectivity index (χ4v) is 2.58. The Hall–Kier alpha value is -1.94. The van der Waals surface area contributed by atoms with Gasteiger partial charge in [-0.05, 0) is 13.0 Å². The number of ether oxygens (including phenoxy) is 1. The van der Waals surface area contributed by atoms with Crippen LogP contribution in [0, 0.1) is 11.3 Å². The van der Waals surface area contributed by atoms with Crippen LogP contribution in [-0.2, 0) is 25.1 Å². The van der Waals surface area contributed by atoms with Gasteiger partial charge in [0.15, 0.2) is 9.84 Å². The van der Waals surface area contributed by atoms with Crippen molar-refractivity contribution in [1.82, 2.24) is 4.98 Å². The molecule has 0 aliphatic carbocycles. The monoisotopic (exact) mass is 268 g/mol. The number of nitrogens with zero attached hydrogens (tertiary/aromatic N) is 2. The van der Waals surface area contributed by atoms with Crippen molar-refractivity contribution in [2.45, 2.75) is 12.7 Å². The van der Waals surface area contributed by atoms with Crippen molar-refractivity contribution in [3.8, 4) is 6.07 Å².